The first kappa shape index (κ1) is 13.1. The SMILES string of the molecule is O=C(NC(=S)Nc1cccc(F)n1)c1ccccc1. The fraction of sp³-hybridized carbons (Fsp3) is 0. The van der Waals surface area contributed by atoms with Crippen LogP contribution in [0.1, 0.15) is 10.4 Å². The third kappa shape index (κ3) is 3.82. The van der Waals surface area contributed by atoms with E-state index in [9.17, 15) is 9.18 Å². The molecule has 0 aliphatic heterocycles. The molecule has 1 aromatic heterocycles. The van der Waals surface area contributed by atoms with Gasteiger partial charge in [0, 0.05) is 5.56 Å². The summed E-state index contributed by atoms with van der Waals surface area (Å²) in [4.78, 5) is 15.4. The van der Waals surface area contributed by atoms with Crippen molar-refractivity contribution in [2.75, 3.05) is 5.32 Å². The van der Waals surface area contributed by atoms with Crippen molar-refractivity contribution in [1.82, 2.24) is 10.3 Å². The molecule has 0 atom stereocenters. The maximum atomic E-state index is 12.9. The van der Waals surface area contributed by atoms with Gasteiger partial charge in [0.25, 0.3) is 5.91 Å². The summed E-state index contributed by atoms with van der Waals surface area (Å²) in [6.45, 7) is 0. The van der Waals surface area contributed by atoms with Gasteiger partial charge in [-0.1, -0.05) is 24.3 Å². The highest BCUT2D eigenvalue weighted by Crippen LogP contribution is 2.03. The molecule has 0 fully saturated rings. The predicted octanol–water partition coefficient (Wildman–Crippen LogP) is 2.35. The topological polar surface area (TPSA) is 54.0 Å². The Morgan fingerprint density at radius 2 is 1.84 bits per heavy atom. The number of nitrogens with one attached hydrogen (secondary N) is 2. The zero-order valence-corrected chi connectivity index (χ0v) is 10.6. The summed E-state index contributed by atoms with van der Waals surface area (Å²) in [7, 11) is 0. The summed E-state index contributed by atoms with van der Waals surface area (Å²) in [5, 5.41) is 5.18. The van der Waals surface area contributed by atoms with Gasteiger partial charge in [-0.3, -0.25) is 10.1 Å². The highest BCUT2D eigenvalue weighted by atomic mass is 32.1. The van der Waals surface area contributed by atoms with E-state index >= 15 is 0 Å². The standard InChI is InChI=1S/C13H10FN3OS/c14-10-7-4-8-11(15-10)16-13(19)17-12(18)9-5-2-1-3-6-9/h1-8H,(H2,15,16,17,18,19). The molecule has 2 rings (SSSR count). The average Bonchev–Trinajstić information content (AvgIpc) is 2.39. The second-order valence-electron chi connectivity index (χ2n) is 3.62. The first-order chi connectivity index (χ1) is 9.15. The molecule has 0 bridgehead atoms. The van der Waals surface area contributed by atoms with Crippen molar-refractivity contribution >= 4 is 29.1 Å². The Morgan fingerprint density at radius 3 is 2.53 bits per heavy atom. The lowest BCUT2D eigenvalue weighted by Crippen LogP contribution is -2.34. The van der Waals surface area contributed by atoms with Crippen LogP contribution in [-0.4, -0.2) is 16.0 Å². The molecule has 0 aliphatic carbocycles. The van der Waals surface area contributed by atoms with Gasteiger partial charge in [-0.2, -0.15) is 4.39 Å². The van der Waals surface area contributed by atoms with E-state index in [0.29, 0.717) is 5.56 Å². The van der Waals surface area contributed by atoms with Crippen LogP contribution in [0.3, 0.4) is 0 Å². The van der Waals surface area contributed by atoms with Crippen molar-refractivity contribution in [3.8, 4) is 0 Å². The number of halogens is 1. The number of anilines is 1. The number of aromatic nitrogens is 1. The van der Waals surface area contributed by atoms with Crippen LogP contribution < -0.4 is 10.6 Å². The van der Waals surface area contributed by atoms with Gasteiger partial charge in [-0.15, -0.1) is 0 Å². The summed E-state index contributed by atoms with van der Waals surface area (Å²) >= 11 is 4.95. The molecule has 4 nitrogen and oxygen atoms in total. The molecule has 6 heteroatoms. The molecule has 0 spiro atoms. The molecule has 0 unspecified atom stereocenters. The normalized spacial score (nSPS) is 9.74. The number of hydrogen-bond donors (Lipinski definition) is 2. The van der Waals surface area contributed by atoms with Gasteiger partial charge in [0.1, 0.15) is 5.82 Å². The average molecular weight is 275 g/mol. The molecule has 0 radical (unpaired) electrons. The maximum Gasteiger partial charge on any atom is 0.257 e. The van der Waals surface area contributed by atoms with Crippen molar-refractivity contribution in [3.63, 3.8) is 0 Å². The van der Waals surface area contributed by atoms with Crippen LogP contribution in [0.4, 0.5) is 10.2 Å². The van der Waals surface area contributed by atoms with Crippen molar-refractivity contribution in [2.45, 2.75) is 0 Å². The van der Waals surface area contributed by atoms with Gasteiger partial charge < -0.3 is 5.32 Å². The quantitative estimate of drug-likeness (QED) is 0.652. The third-order valence-corrected chi connectivity index (χ3v) is 2.42. The van der Waals surface area contributed by atoms with Gasteiger partial charge in [-0.05, 0) is 36.5 Å². The molecule has 1 amide bonds. The number of nitrogens with zero attached hydrogens (tertiary/aromatic N) is 1. The van der Waals surface area contributed by atoms with Crippen LogP contribution in [0, 0.1) is 5.95 Å². The second-order valence-corrected chi connectivity index (χ2v) is 4.03. The van der Waals surface area contributed by atoms with Gasteiger partial charge >= 0.3 is 0 Å². The molecule has 0 aliphatic rings. The van der Waals surface area contributed by atoms with Gasteiger partial charge in [-0.25, -0.2) is 4.98 Å². The number of thiocarbonyl (C=S) groups is 1. The highest BCUT2D eigenvalue weighted by molar-refractivity contribution is 7.80. The molecule has 19 heavy (non-hydrogen) atoms. The van der Waals surface area contributed by atoms with Crippen LogP contribution in [0.5, 0.6) is 0 Å². The minimum atomic E-state index is -0.623. The summed E-state index contributed by atoms with van der Waals surface area (Å²) < 4.78 is 12.9. The Kier molecular flexibility index (Phi) is 4.15. The monoisotopic (exact) mass is 275 g/mol. The van der Waals surface area contributed by atoms with Gasteiger partial charge in [0.15, 0.2) is 5.11 Å². The van der Waals surface area contributed by atoms with E-state index in [0.717, 1.165) is 0 Å². The van der Waals surface area contributed by atoms with E-state index in [2.05, 4.69) is 15.6 Å². The minimum Gasteiger partial charge on any atom is -0.317 e. The molecule has 2 aromatic rings. The lowest BCUT2D eigenvalue weighted by atomic mass is 10.2. The Labute approximate surface area is 114 Å². The number of benzene rings is 1. The van der Waals surface area contributed by atoms with E-state index in [4.69, 9.17) is 12.2 Å². The predicted molar refractivity (Wildman–Crippen MR) is 74.3 cm³/mol. The number of rotatable bonds is 2. The Hall–Kier alpha value is -2.34. The number of carbonyl (C=O) groups excluding carboxylic acids is 1. The van der Waals surface area contributed by atoms with Crippen LogP contribution in [-0.2, 0) is 0 Å². The van der Waals surface area contributed by atoms with Crippen LogP contribution in [0.2, 0.25) is 0 Å². The lowest BCUT2D eigenvalue weighted by molar-refractivity contribution is 0.0978. The fourth-order valence-electron chi connectivity index (χ4n) is 1.39. The number of pyridine rings is 1. The first-order valence-corrected chi connectivity index (χ1v) is 5.86. The van der Waals surface area contributed by atoms with E-state index in [1.807, 2.05) is 6.07 Å². The van der Waals surface area contributed by atoms with Crippen molar-refractivity contribution in [3.05, 3.63) is 60.0 Å². The molecule has 96 valence electrons. The smallest absolute Gasteiger partial charge is 0.257 e. The maximum absolute atomic E-state index is 12.9. The van der Waals surface area contributed by atoms with Crippen LogP contribution in [0.25, 0.3) is 0 Å². The third-order valence-electron chi connectivity index (χ3n) is 2.22. The van der Waals surface area contributed by atoms with E-state index in [1.165, 1.54) is 12.1 Å². The summed E-state index contributed by atoms with van der Waals surface area (Å²) in [6, 6.07) is 12.9. The van der Waals surface area contributed by atoms with E-state index in [1.54, 1.807) is 30.3 Å². The number of hydrogen-bond acceptors (Lipinski definition) is 3. The van der Waals surface area contributed by atoms with Crippen molar-refractivity contribution < 1.29 is 9.18 Å². The largest absolute Gasteiger partial charge is 0.317 e. The second kappa shape index (κ2) is 6.01. The Balaban J connectivity index is 1.97. The number of carbonyl (C=O) groups is 1. The zero-order valence-electron chi connectivity index (χ0n) is 9.76. The Bertz CT molecular complexity index is 604. The summed E-state index contributed by atoms with van der Waals surface area (Å²) in [5.74, 6) is -0.727. The van der Waals surface area contributed by atoms with Crippen LogP contribution >= 0.6 is 12.2 Å². The highest BCUT2D eigenvalue weighted by Gasteiger charge is 2.07. The first-order valence-electron chi connectivity index (χ1n) is 5.45. The molecule has 1 heterocycles. The fourth-order valence-corrected chi connectivity index (χ4v) is 1.59. The summed E-state index contributed by atoms with van der Waals surface area (Å²) in [6.07, 6.45) is 0. The molecule has 0 saturated heterocycles. The van der Waals surface area contributed by atoms with Crippen molar-refractivity contribution in [1.29, 1.82) is 0 Å². The summed E-state index contributed by atoms with van der Waals surface area (Å²) in [5.41, 5.74) is 0.485. The van der Waals surface area contributed by atoms with Gasteiger partial charge in [0.2, 0.25) is 5.95 Å². The van der Waals surface area contributed by atoms with E-state index in [-0.39, 0.29) is 16.8 Å². The Morgan fingerprint density at radius 1 is 1.11 bits per heavy atom. The molecule has 1 aromatic carbocycles. The van der Waals surface area contributed by atoms with Gasteiger partial charge in [0.05, 0.1) is 0 Å². The number of amides is 1. The van der Waals surface area contributed by atoms with Crippen molar-refractivity contribution in [2.24, 2.45) is 0 Å². The molecule has 2 N–H and O–H groups in total. The van der Waals surface area contributed by atoms with Crippen LogP contribution in [0.15, 0.2) is 48.5 Å². The molecular weight excluding hydrogens is 265 g/mol. The van der Waals surface area contributed by atoms with E-state index < -0.39 is 5.95 Å². The molecular formula is C13H10FN3OS. The lowest BCUT2D eigenvalue weighted by Gasteiger charge is -2.08. The zero-order chi connectivity index (χ0) is 13.7. The molecule has 0 saturated carbocycles. The minimum absolute atomic E-state index is 0.0620.